The van der Waals surface area contributed by atoms with Crippen molar-refractivity contribution in [3.05, 3.63) is 72.3 Å². The van der Waals surface area contributed by atoms with Gasteiger partial charge in [-0.05, 0) is 35.9 Å². The average molecular weight is 262 g/mol. The maximum Gasteiger partial charge on any atom is 0.161 e. The summed E-state index contributed by atoms with van der Waals surface area (Å²) in [5.74, 6) is 0.777. The first-order valence-electron chi connectivity index (χ1n) is 6.32. The van der Waals surface area contributed by atoms with Gasteiger partial charge in [-0.2, -0.15) is 0 Å². The molecule has 4 nitrogen and oxygen atoms in total. The van der Waals surface area contributed by atoms with E-state index >= 15 is 0 Å². The number of anilines is 1. The van der Waals surface area contributed by atoms with Gasteiger partial charge in [-0.15, -0.1) is 10.2 Å². The summed E-state index contributed by atoms with van der Waals surface area (Å²) in [5, 5.41) is 8.09. The topological polar surface area (TPSA) is 56.7 Å². The lowest BCUT2D eigenvalue weighted by Gasteiger charge is -2.02. The summed E-state index contributed by atoms with van der Waals surface area (Å²) in [6, 6.07) is 17.7. The highest BCUT2D eigenvalue weighted by Gasteiger charge is 2.02. The Balaban J connectivity index is 1.91. The van der Waals surface area contributed by atoms with E-state index in [0.717, 1.165) is 22.8 Å². The third-order valence-electron chi connectivity index (χ3n) is 2.94. The van der Waals surface area contributed by atoms with E-state index in [-0.39, 0.29) is 0 Å². The molecule has 0 aliphatic carbocycles. The van der Waals surface area contributed by atoms with Gasteiger partial charge in [0.15, 0.2) is 5.82 Å². The van der Waals surface area contributed by atoms with Gasteiger partial charge in [0.2, 0.25) is 0 Å². The normalized spacial score (nSPS) is 11.0. The Kier molecular flexibility index (Phi) is 3.29. The van der Waals surface area contributed by atoms with E-state index in [1.807, 2.05) is 71.3 Å². The van der Waals surface area contributed by atoms with Gasteiger partial charge in [0, 0.05) is 11.4 Å². The van der Waals surface area contributed by atoms with E-state index in [4.69, 9.17) is 5.73 Å². The van der Waals surface area contributed by atoms with Crippen molar-refractivity contribution in [1.29, 1.82) is 0 Å². The zero-order valence-corrected chi connectivity index (χ0v) is 10.8. The van der Waals surface area contributed by atoms with Crippen LogP contribution >= 0.6 is 0 Å². The summed E-state index contributed by atoms with van der Waals surface area (Å²) >= 11 is 0. The van der Waals surface area contributed by atoms with E-state index in [0.29, 0.717) is 0 Å². The fraction of sp³-hybridized carbons (Fsp3) is 0. The van der Waals surface area contributed by atoms with Crippen molar-refractivity contribution < 1.29 is 0 Å². The number of hydrogen-bond acceptors (Lipinski definition) is 3. The van der Waals surface area contributed by atoms with Crippen LogP contribution in [0.15, 0.2) is 60.9 Å². The molecule has 2 N–H and O–H groups in total. The van der Waals surface area contributed by atoms with Gasteiger partial charge >= 0.3 is 0 Å². The Bertz CT molecular complexity index is 729. The van der Waals surface area contributed by atoms with Crippen molar-refractivity contribution in [3.8, 4) is 5.69 Å². The smallest absolute Gasteiger partial charge is 0.161 e. The Morgan fingerprint density at radius 2 is 1.80 bits per heavy atom. The van der Waals surface area contributed by atoms with Crippen LogP contribution in [-0.2, 0) is 0 Å². The third-order valence-corrected chi connectivity index (χ3v) is 2.94. The van der Waals surface area contributed by atoms with Crippen LogP contribution in [-0.4, -0.2) is 14.8 Å². The highest BCUT2D eigenvalue weighted by atomic mass is 15.3. The molecule has 0 atom stereocenters. The van der Waals surface area contributed by atoms with Crippen molar-refractivity contribution in [2.45, 2.75) is 0 Å². The molecule has 0 aliphatic heterocycles. The zero-order valence-electron chi connectivity index (χ0n) is 10.8. The first-order chi connectivity index (χ1) is 9.83. The molecule has 0 bridgehead atoms. The van der Waals surface area contributed by atoms with Crippen molar-refractivity contribution >= 4 is 17.8 Å². The predicted octanol–water partition coefficient (Wildman–Crippen LogP) is 3.02. The SMILES string of the molecule is Nc1cccc(/C=C/c2nncn2-c2ccccc2)c1. The second-order valence-corrected chi connectivity index (χ2v) is 4.40. The van der Waals surface area contributed by atoms with Crippen LogP contribution in [0.4, 0.5) is 5.69 Å². The molecule has 98 valence electrons. The van der Waals surface area contributed by atoms with Crippen LogP contribution in [0.25, 0.3) is 17.8 Å². The molecule has 0 unspecified atom stereocenters. The molecule has 0 spiro atoms. The van der Waals surface area contributed by atoms with Gasteiger partial charge < -0.3 is 5.73 Å². The summed E-state index contributed by atoms with van der Waals surface area (Å²) in [6.07, 6.45) is 5.60. The lowest BCUT2D eigenvalue weighted by Crippen LogP contribution is -1.94. The molecule has 0 radical (unpaired) electrons. The van der Waals surface area contributed by atoms with Crippen LogP contribution in [0.3, 0.4) is 0 Å². The van der Waals surface area contributed by atoms with Gasteiger partial charge in [-0.25, -0.2) is 0 Å². The molecular weight excluding hydrogens is 248 g/mol. The number of para-hydroxylation sites is 1. The van der Waals surface area contributed by atoms with Gasteiger partial charge in [-0.1, -0.05) is 36.4 Å². The minimum Gasteiger partial charge on any atom is -0.399 e. The standard InChI is InChI=1S/C16H14N4/c17-14-6-4-5-13(11-14)9-10-16-19-18-12-20(16)15-7-2-1-3-8-15/h1-12H,17H2/b10-9+. The molecule has 0 saturated carbocycles. The quantitative estimate of drug-likeness (QED) is 0.738. The highest BCUT2D eigenvalue weighted by molar-refractivity contribution is 5.69. The number of rotatable bonds is 3. The fourth-order valence-electron chi connectivity index (χ4n) is 1.98. The van der Waals surface area contributed by atoms with Crippen LogP contribution in [0.1, 0.15) is 11.4 Å². The van der Waals surface area contributed by atoms with Gasteiger partial charge in [-0.3, -0.25) is 4.57 Å². The van der Waals surface area contributed by atoms with E-state index in [1.54, 1.807) is 6.33 Å². The molecule has 1 heterocycles. The summed E-state index contributed by atoms with van der Waals surface area (Å²) in [6.45, 7) is 0. The molecule has 0 saturated heterocycles. The maximum atomic E-state index is 5.76. The van der Waals surface area contributed by atoms with E-state index in [9.17, 15) is 0 Å². The second kappa shape index (κ2) is 5.40. The molecule has 20 heavy (non-hydrogen) atoms. The number of aromatic nitrogens is 3. The molecule has 2 aromatic carbocycles. The van der Waals surface area contributed by atoms with Gasteiger partial charge in [0.25, 0.3) is 0 Å². The molecule has 1 aromatic heterocycles. The molecule has 0 amide bonds. The van der Waals surface area contributed by atoms with Gasteiger partial charge in [0.05, 0.1) is 0 Å². The summed E-state index contributed by atoms with van der Waals surface area (Å²) in [4.78, 5) is 0. The number of nitrogens with two attached hydrogens (primary N) is 1. The highest BCUT2D eigenvalue weighted by Crippen LogP contribution is 2.13. The van der Waals surface area contributed by atoms with E-state index in [2.05, 4.69) is 10.2 Å². The number of nitrogen functional groups attached to an aromatic ring is 1. The molecule has 4 heteroatoms. The van der Waals surface area contributed by atoms with Crippen LogP contribution in [0.5, 0.6) is 0 Å². The first-order valence-corrected chi connectivity index (χ1v) is 6.32. The number of nitrogens with zero attached hydrogens (tertiary/aromatic N) is 3. The van der Waals surface area contributed by atoms with E-state index < -0.39 is 0 Å². The zero-order chi connectivity index (χ0) is 13.8. The van der Waals surface area contributed by atoms with Crippen molar-refractivity contribution in [2.75, 3.05) is 5.73 Å². The first kappa shape index (κ1) is 12.2. The maximum absolute atomic E-state index is 5.76. The third kappa shape index (κ3) is 2.59. The van der Waals surface area contributed by atoms with Crippen molar-refractivity contribution in [1.82, 2.24) is 14.8 Å². The average Bonchev–Trinajstić information content (AvgIpc) is 2.95. The summed E-state index contributed by atoms with van der Waals surface area (Å²) < 4.78 is 1.93. The Morgan fingerprint density at radius 3 is 2.60 bits per heavy atom. The monoisotopic (exact) mass is 262 g/mol. The Labute approximate surface area is 117 Å². The Hall–Kier alpha value is -2.88. The van der Waals surface area contributed by atoms with Crippen LogP contribution in [0.2, 0.25) is 0 Å². The van der Waals surface area contributed by atoms with E-state index in [1.165, 1.54) is 0 Å². The second-order valence-electron chi connectivity index (χ2n) is 4.40. The predicted molar refractivity (Wildman–Crippen MR) is 81.1 cm³/mol. The molecule has 0 fully saturated rings. The number of hydrogen-bond donors (Lipinski definition) is 1. The fourth-order valence-corrected chi connectivity index (χ4v) is 1.98. The minimum atomic E-state index is 0.747. The van der Waals surface area contributed by atoms with Crippen LogP contribution < -0.4 is 5.73 Å². The largest absolute Gasteiger partial charge is 0.399 e. The lowest BCUT2D eigenvalue weighted by molar-refractivity contribution is 1.03. The Morgan fingerprint density at radius 1 is 0.950 bits per heavy atom. The van der Waals surface area contributed by atoms with Crippen molar-refractivity contribution in [3.63, 3.8) is 0 Å². The van der Waals surface area contributed by atoms with Crippen LogP contribution in [0, 0.1) is 0 Å². The molecule has 0 aliphatic rings. The molecule has 3 aromatic rings. The summed E-state index contributed by atoms with van der Waals surface area (Å²) in [7, 11) is 0. The van der Waals surface area contributed by atoms with Gasteiger partial charge in [0.1, 0.15) is 6.33 Å². The molecular formula is C16H14N4. The number of benzene rings is 2. The lowest BCUT2D eigenvalue weighted by atomic mass is 10.2. The minimum absolute atomic E-state index is 0.747. The summed E-state index contributed by atoms with van der Waals surface area (Å²) in [5.41, 5.74) is 8.58. The van der Waals surface area contributed by atoms with Crippen molar-refractivity contribution in [2.24, 2.45) is 0 Å². The molecule has 3 rings (SSSR count).